The molecule has 2 nitrogen and oxygen atoms in total. The van der Waals surface area contributed by atoms with Gasteiger partial charge in [-0.25, -0.2) is 0 Å². The van der Waals surface area contributed by atoms with Crippen LogP contribution in [0.15, 0.2) is 30.3 Å². The fourth-order valence-electron chi connectivity index (χ4n) is 1.53. The SMILES string of the molecule is NCc1c(Cl)cccc1Oc1cc(Cl)c(Cl)cc1Cl. The number of nitrogens with two attached hydrogens (primary N) is 1. The Hall–Kier alpha value is -0.640. The quantitative estimate of drug-likeness (QED) is 0.745. The zero-order valence-electron chi connectivity index (χ0n) is 9.59. The van der Waals surface area contributed by atoms with Crippen LogP contribution in [0.2, 0.25) is 20.1 Å². The van der Waals surface area contributed by atoms with E-state index in [2.05, 4.69) is 0 Å². The Morgan fingerprint density at radius 1 is 0.842 bits per heavy atom. The molecule has 6 heteroatoms. The molecule has 2 N–H and O–H groups in total. The summed E-state index contributed by atoms with van der Waals surface area (Å²) in [7, 11) is 0. The molecule has 100 valence electrons. The standard InChI is InChI=1S/C13H9Cl4NO/c14-8-2-1-3-12(7(8)6-18)19-13-5-10(16)9(15)4-11(13)17/h1-5H,6,18H2. The first-order valence-corrected chi connectivity index (χ1v) is 6.84. The Bertz CT molecular complexity index is 616. The molecule has 0 saturated carbocycles. The third kappa shape index (κ3) is 3.28. The molecule has 0 fully saturated rings. The van der Waals surface area contributed by atoms with Crippen LogP contribution in [0.4, 0.5) is 0 Å². The van der Waals surface area contributed by atoms with E-state index >= 15 is 0 Å². The fourth-order valence-corrected chi connectivity index (χ4v) is 2.35. The van der Waals surface area contributed by atoms with Crippen molar-refractivity contribution in [2.24, 2.45) is 5.73 Å². The molecule has 0 saturated heterocycles. The van der Waals surface area contributed by atoms with Crippen molar-refractivity contribution >= 4 is 46.4 Å². The molecular weight excluding hydrogens is 328 g/mol. The van der Waals surface area contributed by atoms with Crippen molar-refractivity contribution in [3.05, 3.63) is 56.0 Å². The van der Waals surface area contributed by atoms with Crippen molar-refractivity contribution < 1.29 is 4.74 Å². The lowest BCUT2D eigenvalue weighted by Gasteiger charge is -2.13. The van der Waals surface area contributed by atoms with Gasteiger partial charge in [-0.15, -0.1) is 0 Å². The van der Waals surface area contributed by atoms with E-state index in [4.69, 9.17) is 56.9 Å². The summed E-state index contributed by atoms with van der Waals surface area (Å²) in [4.78, 5) is 0. The van der Waals surface area contributed by atoms with Gasteiger partial charge in [0.2, 0.25) is 0 Å². The van der Waals surface area contributed by atoms with Crippen LogP contribution in [0.3, 0.4) is 0 Å². The van der Waals surface area contributed by atoms with Gasteiger partial charge < -0.3 is 10.5 Å². The number of hydrogen-bond donors (Lipinski definition) is 1. The summed E-state index contributed by atoms with van der Waals surface area (Å²) in [6, 6.07) is 8.34. The van der Waals surface area contributed by atoms with Crippen molar-refractivity contribution in [3.8, 4) is 11.5 Å². The third-order valence-electron chi connectivity index (χ3n) is 2.47. The Morgan fingerprint density at radius 2 is 1.53 bits per heavy atom. The highest BCUT2D eigenvalue weighted by atomic mass is 35.5. The van der Waals surface area contributed by atoms with Gasteiger partial charge in [0.15, 0.2) is 0 Å². The summed E-state index contributed by atoms with van der Waals surface area (Å²) in [5, 5.41) is 1.62. The van der Waals surface area contributed by atoms with Gasteiger partial charge in [-0.1, -0.05) is 52.5 Å². The highest BCUT2D eigenvalue weighted by molar-refractivity contribution is 6.43. The molecule has 0 aliphatic heterocycles. The van der Waals surface area contributed by atoms with Crippen molar-refractivity contribution in [2.75, 3.05) is 0 Å². The minimum Gasteiger partial charge on any atom is -0.455 e. The average molecular weight is 337 g/mol. The lowest BCUT2D eigenvalue weighted by molar-refractivity contribution is 0.477. The zero-order valence-corrected chi connectivity index (χ0v) is 12.6. The maximum absolute atomic E-state index is 6.05. The lowest BCUT2D eigenvalue weighted by Crippen LogP contribution is -2.00. The number of hydrogen-bond acceptors (Lipinski definition) is 2. The van der Waals surface area contributed by atoms with E-state index in [1.807, 2.05) is 0 Å². The molecule has 0 unspecified atom stereocenters. The van der Waals surface area contributed by atoms with Crippen molar-refractivity contribution in [3.63, 3.8) is 0 Å². The molecule has 0 spiro atoms. The Balaban J connectivity index is 2.42. The highest BCUT2D eigenvalue weighted by Gasteiger charge is 2.12. The van der Waals surface area contributed by atoms with E-state index in [9.17, 15) is 0 Å². The molecule has 0 bridgehead atoms. The lowest BCUT2D eigenvalue weighted by atomic mass is 10.2. The van der Waals surface area contributed by atoms with Gasteiger partial charge in [-0.3, -0.25) is 0 Å². The molecule has 2 aromatic rings. The monoisotopic (exact) mass is 335 g/mol. The topological polar surface area (TPSA) is 35.2 Å². The van der Waals surface area contributed by atoms with Crippen LogP contribution in [0, 0.1) is 0 Å². The second-order valence-corrected chi connectivity index (χ2v) is 5.35. The number of ether oxygens (including phenoxy) is 1. The largest absolute Gasteiger partial charge is 0.455 e. The summed E-state index contributed by atoms with van der Waals surface area (Å²) in [5.74, 6) is 0.934. The average Bonchev–Trinajstić information content (AvgIpc) is 2.36. The Kier molecular flexibility index (Phi) is 4.82. The highest BCUT2D eigenvalue weighted by Crippen LogP contribution is 2.38. The first-order valence-electron chi connectivity index (χ1n) is 5.32. The van der Waals surface area contributed by atoms with Crippen LogP contribution in [0.25, 0.3) is 0 Å². The summed E-state index contributed by atoms with van der Waals surface area (Å²) in [6.45, 7) is 0.258. The maximum Gasteiger partial charge on any atom is 0.147 e. The van der Waals surface area contributed by atoms with Crippen LogP contribution >= 0.6 is 46.4 Å². The van der Waals surface area contributed by atoms with Gasteiger partial charge in [-0.05, 0) is 18.2 Å². The molecular formula is C13H9Cl4NO. The molecule has 2 rings (SSSR count). The van der Waals surface area contributed by atoms with Crippen LogP contribution in [-0.4, -0.2) is 0 Å². The summed E-state index contributed by atoms with van der Waals surface area (Å²) >= 11 is 23.9. The molecule has 0 radical (unpaired) electrons. The molecule has 0 amide bonds. The van der Waals surface area contributed by atoms with E-state index in [1.54, 1.807) is 24.3 Å². The van der Waals surface area contributed by atoms with Gasteiger partial charge in [-0.2, -0.15) is 0 Å². The van der Waals surface area contributed by atoms with Crippen LogP contribution < -0.4 is 10.5 Å². The van der Waals surface area contributed by atoms with Gasteiger partial charge in [0.05, 0.1) is 15.1 Å². The van der Waals surface area contributed by atoms with Gasteiger partial charge in [0.25, 0.3) is 0 Å². The summed E-state index contributed by atoms with van der Waals surface area (Å²) < 4.78 is 5.71. The van der Waals surface area contributed by atoms with Gasteiger partial charge in [0, 0.05) is 23.2 Å². The summed E-state index contributed by atoms with van der Waals surface area (Å²) in [6.07, 6.45) is 0. The smallest absolute Gasteiger partial charge is 0.147 e. The summed E-state index contributed by atoms with van der Waals surface area (Å²) in [5.41, 5.74) is 6.35. The van der Waals surface area contributed by atoms with E-state index in [1.165, 1.54) is 6.07 Å². The van der Waals surface area contributed by atoms with Crippen molar-refractivity contribution in [1.82, 2.24) is 0 Å². The molecule has 0 aromatic heterocycles. The second-order valence-electron chi connectivity index (χ2n) is 3.72. The predicted molar refractivity (Wildman–Crippen MR) is 80.9 cm³/mol. The Morgan fingerprint density at radius 3 is 2.21 bits per heavy atom. The second kappa shape index (κ2) is 6.21. The van der Waals surface area contributed by atoms with Crippen LogP contribution in [0.1, 0.15) is 5.56 Å². The van der Waals surface area contributed by atoms with E-state index < -0.39 is 0 Å². The van der Waals surface area contributed by atoms with E-state index in [-0.39, 0.29) is 6.54 Å². The van der Waals surface area contributed by atoms with Crippen LogP contribution in [0.5, 0.6) is 11.5 Å². The molecule has 0 aliphatic rings. The first kappa shape index (κ1) is 14.8. The van der Waals surface area contributed by atoms with Crippen molar-refractivity contribution in [1.29, 1.82) is 0 Å². The minimum absolute atomic E-state index is 0.258. The third-order valence-corrected chi connectivity index (χ3v) is 3.85. The van der Waals surface area contributed by atoms with E-state index in [0.29, 0.717) is 37.2 Å². The number of benzene rings is 2. The zero-order chi connectivity index (χ0) is 14.0. The van der Waals surface area contributed by atoms with Crippen molar-refractivity contribution in [2.45, 2.75) is 6.54 Å². The maximum atomic E-state index is 6.05. The first-order chi connectivity index (χ1) is 9.02. The normalized spacial score (nSPS) is 10.6. The van der Waals surface area contributed by atoms with Gasteiger partial charge in [0.1, 0.15) is 11.5 Å². The molecule has 0 aliphatic carbocycles. The molecule has 0 heterocycles. The van der Waals surface area contributed by atoms with E-state index in [0.717, 1.165) is 0 Å². The number of rotatable bonds is 3. The van der Waals surface area contributed by atoms with Gasteiger partial charge >= 0.3 is 0 Å². The fraction of sp³-hybridized carbons (Fsp3) is 0.0769. The van der Waals surface area contributed by atoms with Crippen LogP contribution in [-0.2, 0) is 6.54 Å². The molecule has 2 aromatic carbocycles. The minimum atomic E-state index is 0.258. The number of halogens is 4. The Labute approximate surface area is 131 Å². The molecule has 0 atom stereocenters. The predicted octanol–water partition coefficient (Wildman–Crippen LogP) is 5.55. The molecule has 19 heavy (non-hydrogen) atoms.